The van der Waals surface area contributed by atoms with E-state index < -0.39 is 10.3 Å². The average Bonchev–Trinajstić information content (AvgIpc) is 2.73. The van der Waals surface area contributed by atoms with Gasteiger partial charge < -0.3 is 16.4 Å². The summed E-state index contributed by atoms with van der Waals surface area (Å²) in [5, 5.41) is 10.7. The minimum absolute atomic E-state index is 0.111. The molecule has 0 radical (unpaired) electrons. The highest BCUT2D eigenvalue weighted by Crippen LogP contribution is 2.35. The highest BCUT2D eigenvalue weighted by Gasteiger charge is 2.39. The summed E-state index contributed by atoms with van der Waals surface area (Å²) in [5.41, 5.74) is 11.3. The molecule has 1 aliphatic heterocycles. The van der Waals surface area contributed by atoms with E-state index in [2.05, 4.69) is 0 Å². The topological polar surface area (TPSA) is 115 Å². The smallest absolute Gasteiger partial charge is 0.292 e. The average molecular weight is 264 g/mol. The van der Waals surface area contributed by atoms with Crippen molar-refractivity contribution in [1.82, 2.24) is 0 Å². The van der Waals surface area contributed by atoms with Crippen molar-refractivity contribution in [3.8, 4) is 0 Å². The second kappa shape index (κ2) is 4.42. The number of hydrogen-bond donors (Lipinski definition) is 2. The number of amides is 1. The van der Waals surface area contributed by atoms with Crippen molar-refractivity contribution >= 4 is 23.0 Å². The molecule has 1 saturated heterocycles. The SMILES string of the molecule is CC1(C(N)=O)CCN(c2ccc([N+](=O)[O-])c(N)c2)C1. The number of rotatable bonds is 3. The van der Waals surface area contributed by atoms with E-state index in [-0.39, 0.29) is 17.3 Å². The van der Waals surface area contributed by atoms with E-state index in [9.17, 15) is 14.9 Å². The zero-order chi connectivity index (χ0) is 14.2. The molecule has 0 aromatic heterocycles. The third-order valence-electron chi connectivity index (χ3n) is 3.64. The molecule has 1 heterocycles. The third-order valence-corrected chi connectivity index (χ3v) is 3.64. The first-order chi connectivity index (χ1) is 8.83. The molecule has 1 aromatic carbocycles. The minimum atomic E-state index is -0.559. The maximum absolute atomic E-state index is 11.4. The Labute approximate surface area is 110 Å². The fourth-order valence-corrected chi connectivity index (χ4v) is 2.29. The summed E-state index contributed by atoms with van der Waals surface area (Å²) >= 11 is 0. The van der Waals surface area contributed by atoms with Gasteiger partial charge in [-0.1, -0.05) is 0 Å². The summed E-state index contributed by atoms with van der Waals surface area (Å²) in [6, 6.07) is 4.58. The van der Waals surface area contributed by atoms with Gasteiger partial charge in [0.2, 0.25) is 5.91 Å². The lowest BCUT2D eigenvalue weighted by molar-refractivity contribution is -0.383. The summed E-state index contributed by atoms with van der Waals surface area (Å²) in [6.45, 7) is 3.00. The molecule has 1 aromatic rings. The number of hydrogen-bond acceptors (Lipinski definition) is 5. The molecule has 4 N–H and O–H groups in total. The van der Waals surface area contributed by atoms with Gasteiger partial charge in [0, 0.05) is 24.8 Å². The molecule has 0 saturated carbocycles. The summed E-state index contributed by atoms with van der Waals surface area (Å²) in [7, 11) is 0. The Morgan fingerprint density at radius 3 is 2.68 bits per heavy atom. The van der Waals surface area contributed by atoms with Crippen molar-refractivity contribution in [2.75, 3.05) is 23.7 Å². The Hall–Kier alpha value is -2.31. The number of primary amides is 1. The highest BCUT2D eigenvalue weighted by molar-refractivity contribution is 5.82. The normalized spacial score (nSPS) is 22.5. The zero-order valence-electron chi connectivity index (χ0n) is 10.6. The lowest BCUT2D eigenvalue weighted by atomic mass is 9.89. The van der Waals surface area contributed by atoms with Gasteiger partial charge in [-0.2, -0.15) is 0 Å². The van der Waals surface area contributed by atoms with Crippen LogP contribution in [0.3, 0.4) is 0 Å². The van der Waals surface area contributed by atoms with Gasteiger partial charge >= 0.3 is 0 Å². The van der Waals surface area contributed by atoms with Crippen LogP contribution in [0, 0.1) is 15.5 Å². The van der Waals surface area contributed by atoms with Crippen LogP contribution in [0.15, 0.2) is 18.2 Å². The van der Waals surface area contributed by atoms with Crippen LogP contribution < -0.4 is 16.4 Å². The Morgan fingerprint density at radius 2 is 2.21 bits per heavy atom. The third kappa shape index (κ3) is 2.31. The fraction of sp³-hybridized carbons (Fsp3) is 0.417. The van der Waals surface area contributed by atoms with Gasteiger partial charge in [-0.3, -0.25) is 14.9 Å². The molecule has 2 rings (SSSR count). The number of carbonyl (C=O) groups excluding carboxylic acids is 1. The molecule has 7 heteroatoms. The molecule has 102 valence electrons. The van der Waals surface area contributed by atoms with Gasteiger partial charge in [0.15, 0.2) is 0 Å². The van der Waals surface area contributed by atoms with Gasteiger partial charge in [0.25, 0.3) is 5.69 Å². The summed E-state index contributed by atoms with van der Waals surface area (Å²) < 4.78 is 0. The highest BCUT2D eigenvalue weighted by atomic mass is 16.6. The number of anilines is 2. The van der Waals surface area contributed by atoms with Crippen molar-refractivity contribution < 1.29 is 9.72 Å². The van der Waals surface area contributed by atoms with Crippen LogP contribution in [0.25, 0.3) is 0 Å². The molecular weight excluding hydrogens is 248 g/mol. The summed E-state index contributed by atoms with van der Waals surface area (Å²) in [5.74, 6) is -0.329. The molecule has 1 atom stereocenters. The Balaban J connectivity index is 2.23. The quantitative estimate of drug-likeness (QED) is 0.477. The first-order valence-electron chi connectivity index (χ1n) is 5.92. The second-order valence-electron chi connectivity index (χ2n) is 5.10. The number of nitrogens with two attached hydrogens (primary N) is 2. The maximum Gasteiger partial charge on any atom is 0.292 e. The van der Waals surface area contributed by atoms with E-state index in [1.54, 1.807) is 12.1 Å². The van der Waals surface area contributed by atoms with Gasteiger partial charge in [-0.15, -0.1) is 0 Å². The van der Waals surface area contributed by atoms with Gasteiger partial charge in [0.05, 0.1) is 10.3 Å². The predicted molar refractivity (Wildman–Crippen MR) is 71.6 cm³/mol. The standard InChI is InChI=1S/C12H16N4O3/c1-12(11(14)17)4-5-15(7-12)8-2-3-10(16(18)19)9(13)6-8/h2-3,6H,4-5,7,13H2,1H3,(H2,14,17). The van der Waals surface area contributed by atoms with Crippen molar-refractivity contribution in [3.05, 3.63) is 28.3 Å². The molecule has 0 spiro atoms. The van der Waals surface area contributed by atoms with Crippen LogP contribution in [0.5, 0.6) is 0 Å². The zero-order valence-corrected chi connectivity index (χ0v) is 10.6. The van der Waals surface area contributed by atoms with E-state index in [0.717, 1.165) is 5.69 Å². The van der Waals surface area contributed by atoms with Crippen LogP contribution >= 0.6 is 0 Å². The Kier molecular flexibility index (Phi) is 3.05. The molecule has 0 bridgehead atoms. The first-order valence-corrected chi connectivity index (χ1v) is 5.92. The van der Waals surface area contributed by atoms with Crippen molar-refractivity contribution in [2.45, 2.75) is 13.3 Å². The van der Waals surface area contributed by atoms with Crippen molar-refractivity contribution in [2.24, 2.45) is 11.1 Å². The van der Waals surface area contributed by atoms with Gasteiger partial charge in [0.1, 0.15) is 5.69 Å². The monoisotopic (exact) mass is 264 g/mol. The van der Waals surface area contributed by atoms with Crippen LogP contribution in [-0.4, -0.2) is 23.9 Å². The van der Waals surface area contributed by atoms with E-state index in [1.165, 1.54) is 6.07 Å². The number of nitrogens with zero attached hydrogens (tertiary/aromatic N) is 2. The number of nitro benzene ring substituents is 1. The first kappa shape index (κ1) is 13.1. The van der Waals surface area contributed by atoms with E-state index >= 15 is 0 Å². The number of carbonyl (C=O) groups is 1. The largest absolute Gasteiger partial charge is 0.393 e. The van der Waals surface area contributed by atoms with Crippen LogP contribution in [0.1, 0.15) is 13.3 Å². The summed E-state index contributed by atoms with van der Waals surface area (Å²) in [4.78, 5) is 23.5. The number of benzene rings is 1. The van der Waals surface area contributed by atoms with Crippen molar-refractivity contribution in [1.29, 1.82) is 0 Å². The lowest BCUT2D eigenvalue weighted by Crippen LogP contribution is -2.37. The second-order valence-corrected chi connectivity index (χ2v) is 5.10. The predicted octanol–water partition coefficient (Wildman–Crippen LogP) is 0.879. The van der Waals surface area contributed by atoms with Crippen LogP contribution in [0.4, 0.5) is 17.1 Å². The van der Waals surface area contributed by atoms with E-state index in [4.69, 9.17) is 11.5 Å². The van der Waals surface area contributed by atoms with E-state index in [0.29, 0.717) is 19.5 Å². The molecule has 1 fully saturated rings. The molecule has 19 heavy (non-hydrogen) atoms. The molecule has 1 amide bonds. The molecule has 0 aliphatic carbocycles. The molecule has 1 aliphatic rings. The van der Waals surface area contributed by atoms with E-state index in [1.807, 2.05) is 11.8 Å². The number of nitrogen functional groups attached to an aromatic ring is 1. The Bertz CT molecular complexity index is 546. The fourth-order valence-electron chi connectivity index (χ4n) is 2.29. The molecule has 7 nitrogen and oxygen atoms in total. The Morgan fingerprint density at radius 1 is 1.53 bits per heavy atom. The molecular formula is C12H16N4O3. The van der Waals surface area contributed by atoms with Crippen LogP contribution in [0.2, 0.25) is 0 Å². The minimum Gasteiger partial charge on any atom is -0.393 e. The van der Waals surface area contributed by atoms with Crippen LogP contribution in [-0.2, 0) is 4.79 Å². The van der Waals surface area contributed by atoms with Crippen molar-refractivity contribution in [3.63, 3.8) is 0 Å². The summed E-state index contributed by atoms with van der Waals surface area (Å²) in [6.07, 6.45) is 0.666. The lowest BCUT2D eigenvalue weighted by Gasteiger charge is -2.22. The number of nitro groups is 1. The molecule has 1 unspecified atom stereocenters. The maximum atomic E-state index is 11.4. The van der Waals surface area contributed by atoms with Gasteiger partial charge in [-0.05, 0) is 25.5 Å². The van der Waals surface area contributed by atoms with Gasteiger partial charge in [-0.25, -0.2) is 0 Å².